The number of ether oxygens (including phenoxy) is 3. The van der Waals surface area contributed by atoms with Crippen molar-refractivity contribution in [3.05, 3.63) is 29.8 Å². The molecule has 0 spiro atoms. The van der Waals surface area contributed by atoms with E-state index in [4.69, 9.17) is 14.2 Å². The molecule has 0 aliphatic heterocycles. The molecular formula is C19H22N2O5. The summed E-state index contributed by atoms with van der Waals surface area (Å²) in [5, 5.41) is 11.8. The van der Waals surface area contributed by atoms with Gasteiger partial charge in [0.1, 0.15) is 17.0 Å². The molecule has 0 radical (unpaired) electrons. The van der Waals surface area contributed by atoms with Crippen molar-refractivity contribution in [1.29, 1.82) is 5.26 Å². The molecule has 0 heterocycles. The second-order valence-corrected chi connectivity index (χ2v) is 6.19. The van der Waals surface area contributed by atoms with Gasteiger partial charge in [-0.15, -0.1) is 0 Å². The number of nitrogens with zero attached hydrogens (tertiary/aromatic N) is 1. The number of nitriles is 1. The molecule has 1 aromatic rings. The van der Waals surface area contributed by atoms with Crippen molar-refractivity contribution in [1.82, 2.24) is 5.32 Å². The summed E-state index contributed by atoms with van der Waals surface area (Å²) >= 11 is 0. The summed E-state index contributed by atoms with van der Waals surface area (Å²) in [7, 11) is 3.06. The summed E-state index contributed by atoms with van der Waals surface area (Å²) in [5.74, 6) is 0.181. The van der Waals surface area contributed by atoms with Gasteiger partial charge >= 0.3 is 5.97 Å². The quantitative estimate of drug-likeness (QED) is 0.564. The topological polar surface area (TPSA) is 97.7 Å². The zero-order valence-corrected chi connectivity index (χ0v) is 15.1. The van der Waals surface area contributed by atoms with Gasteiger partial charge in [0.2, 0.25) is 0 Å². The van der Waals surface area contributed by atoms with Crippen molar-refractivity contribution < 1.29 is 23.8 Å². The Hall–Kier alpha value is -3.01. The highest BCUT2D eigenvalue weighted by Gasteiger charge is 2.43. The van der Waals surface area contributed by atoms with Gasteiger partial charge in [-0.1, -0.05) is 0 Å². The molecule has 138 valence electrons. The second-order valence-electron chi connectivity index (χ2n) is 6.19. The molecule has 1 fully saturated rings. The van der Waals surface area contributed by atoms with Gasteiger partial charge in [-0.3, -0.25) is 4.79 Å². The minimum atomic E-state index is -0.909. The maximum Gasteiger partial charge on any atom is 0.331 e. The first-order chi connectivity index (χ1) is 12.4. The number of carbonyl (C=O) groups excluding carboxylic acids is 2. The molecule has 1 atom stereocenters. The highest BCUT2D eigenvalue weighted by Crippen LogP contribution is 2.39. The van der Waals surface area contributed by atoms with Gasteiger partial charge in [-0.05, 0) is 50.0 Å². The molecule has 0 saturated heterocycles. The van der Waals surface area contributed by atoms with Crippen molar-refractivity contribution in [2.45, 2.75) is 25.3 Å². The van der Waals surface area contributed by atoms with Gasteiger partial charge < -0.3 is 19.5 Å². The van der Waals surface area contributed by atoms with Crippen molar-refractivity contribution in [3.8, 4) is 17.6 Å². The summed E-state index contributed by atoms with van der Waals surface area (Å²) in [4.78, 5) is 23.7. The van der Waals surface area contributed by atoms with Crippen LogP contribution in [0, 0.1) is 17.2 Å². The Morgan fingerprint density at radius 2 is 2.08 bits per heavy atom. The van der Waals surface area contributed by atoms with E-state index in [0.717, 1.165) is 12.8 Å². The molecule has 1 aliphatic rings. The summed E-state index contributed by atoms with van der Waals surface area (Å²) in [5.41, 5.74) is -0.271. The Labute approximate surface area is 152 Å². The van der Waals surface area contributed by atoms with E-state index >= 15 is 0 Å². The van der Waals surface area contributed by atoms with Crippen LogP contribution in [-0.2, 0) is 14.3 Å². The van der Waals surface area contributed by atoms with Gasteiger partial charge in [0.05, 0.1) is 20.3 Å². The van der Waals surface area contributed by atoms with E-state index in [2.05, 4.69) is 11.4 Å². The van der Waals surface area contributed by atoms with E-state index in [1.807, 2.05) is 0 Å². The van der Waals surface area contributed by atoms with Crippen molar-refractivity contribution in [3.63, 3.8) is 0 Å². The van der Waals surface area contributed by atoms with Crippen LogP contribution in [0.15, 0.2) is 24.3 Å². The maximum absolute atomic E-state index is 11.9. The summed E-state index contributed by atoms with van der Waals surface area (Å²) in [6.45, 7) is 1.24. The Morgan fingerprint density at radius 1 is 1.35 bits per heavy atom. The molecule has 7 nitrogen and oxygen atoms in total. The zero-order chi connectivity index (χ0) is 19.2. The van der Waals surface area contributed by atoms with Gasteiger partial charge in [0.15, 0.2) is 6.61 Å². The molecule has 1 aromatic carbocycles. The number of benzene rings is 1. The van der Waals surface area contributed by atoms with Gasteiger partial charge in [0.25, 0.3) is 5.91 Å². The Balaban J connectivity index is 1.89. The normalized spacial score (nSPS) is 15.6. The van der Waals surface area contributed by atoms with Crippen LogP contribution >= 0.6 is 0 Å². The van der Waals surface area contributed by atoms with Crippen LogP contribution in [0.2, 0.25) is 0 Å². The van der Waals surface area contributed by atoms with E-state index in [-0.39, 0.29) is 5.92 Å². The minimum Gasteiger partial charge on any atom is -0.497 e. The molecule has 7 heteroatoms. The Bertz CT molecular complexity index is 749. The predicted octanol–water partition coefficient (Wildman–Crippen LogP) is 2.07. The highest BCUT2D eigenvalue weighted by atomic mass is 16.5. The lowest BCUT2D eigenvalue weighted by Crippen LogP contribution is -2.48. The van der Waals surface area contributed by atoms with E-state index < -0.39 is 24.0 Å². The molecule has 26 heavy (non-hydrogen) atoms. The van der Waals surface area contributed by atoms with Gasteiger partial charge in [0, 0.05) is 11.6 Å². The second kappa shape index (κ2) is 8.39. The fourth-order valence-electron chi connectivity index (χ4n) is 2.52. The number of nitrogens with one attached hydrogen (secondary N) is 1. The number of methoxy groups -OCH3 is 2. The van der Waals surface area contributed by atoms with Crippen LogP contribution in [0.3, 0.4) is 0 Å². The van der Waals surface area contributed by atoms with Crippen LogP contribution in [0.1, 0.15) is 25.3 Å². The molecule has 1 aliphatic carbocycles. The number of carbonyl (C=O) groups is 2. The van der Waals surface area contributed by atoms with Crippen LogP contribution in [0.25, 0.3) is 6.08 Å². The maximum atomic E-state index is 11.9. The highest BCUT2D eigenvalue weighted by molar-refractivity contribution is 5.90. The predicted molar refractivity (Wildman–Crippen MR) is 94.4 cm³/mol. The van der Waals surface area contributed by atoms with Crippen molar-refractivity contribution in [2.24, 2.45) is 5.92 Å². The average Bonchev–Trinajstić information content (AvgIpc) is 3.50. The van der Waals surface area contributed by atoms with E-state index in [9.17, 15) is 14.9 Å². The molecular weight excluding hydrogens is 336 g/mol. The third-order valence-corrected chi connectivity index (χ3v) is 4.21. The zero-order valence-electron chi connectivity index (χ0n) is 15.1. The Morgan fingerprint density at radius 3 is 2.65 bits per heavy atom. The van der Waals surface area contributed by atoms with E-state index in [1.54, 1.807) is 32.2 Å². The largest absolute Gasteiger partial charge is 0.497 e. The smallest absolute Gasteiger partial charge is 0.331 e. The number of amides is 1. The molecule has 1 saturated carbocycles. The molecule has 0 aromatic heterocycles. The molecule has 1 N–H and O–H groups in total. The Kier molecular flexibility index (Phi) is 6.23. The minimum absolute atomic E-state index is 0.160. The first-order valence-corrected chi connectivity index (χ1v) is 8.21. The first kappa shape index (κ1) is 19.3. The lowest BCUT2D eigenvalue weighted by Gasteiger charge is -2.22. The molecule has 2 rings (SSSR count). The number of hydrogen-bond acceptors (Lipinski definition) is 6. The van der Waals surface area contributed by atoms with E-state index in [1.165, 1.54) is 19.3 Å². The van der Waals surface area contributed by atoms with Crippen LogP contribution in [0.5, 0.6) is 11.5 Å². The first-order valence-electron chi connectivity index (χ1n) is 8.21. The number of esters is 1. The number of rotatable bonds is 8. The summed E-state index contributed by atoms with van der Waals surface area (Å²) < 4.78 is 15.3. The summed E-state index contributed by atoms with van der Waals surface area (Å²) in [6.07, 6.45) is 4.55. The van der Waals surface area contributed by atoms with Crippen molar-refractivity contribution in [2.75, 3.05) is 20.8 Å². The lowest BCUT2D eigenvalue weighted by atomic mass is 9.98. The van der Waals surface area contributed by atoms with E-state index in [0.29, 0.717) is 17.1 Å². The van der Waals surface area contributed by atoms with Gasteiger partial charge in [-0.25, -0.2) is 4.79 Å². The van der Waals surface area contributed by atoms with Crippen LogP contribution < -0.4 is 14.8 Å². The molecule has 1 amide bonds. The van der Waals surface area contributed by atoms with Crippen LogP contribution in [-0.4, -0.2) is 38.2 Å². The average molecular weight is 358 g/mol. The van der Waals surface area contributed by atoms with Gasteiger partial charge in [-0.2, -0.15) is 5.26 Å². The fourth-order valence-corrected chi connectivity index (χ4v) is 2.52. The van der Waals surface area contributed by atoms with Crippen LogP contribution in [0.4, 0.5) is 0 Å². The molecule has 0 bridgehead atoms. The van der Waals surface area contributed by atoms with Crippen molar-refractivity contribution >= 4 is 18.0 Å². The summed E-state index contributed by atoms with van der Waals surface area (Å²) in [6, 6.07) is 7.29. The third kappa shape index (κ3) is 4.99. The fraction of sp³-hybridized carbons (Fsp3) is 0.421. The lowest BCUT2D eigenvalue weighted by molar-refractivity contribution is -0.144. The SMILES string of the molecule is COc1ccc(OC)c(/C=C/C(=O)OCC(=O)N[C@](C)(C#N)C2CC2)c1. The number of hydrogen-bond donors (Lipinski definition) is 1. The molecule has 0 unspecified atom stereocenters. The standard InChI is InChI=1S/C19H22N2O5/c1-19(12-20,14-5-6-14)21-17(22)11-26-18(23)9-4-13-10-15(24-2)7-8-16(13)25-3/h4,7-10,14H,5-6,11H2,1-3H3,(H,21,22)/b9-4+/t19-/m1/s1. The monoisotopic (exact) mass is 358 g/mol. The third-order valence-electron chi connectivity index (χ3n) is 4.21.